The molecular weight excluding hydrogens is 458 g/mol. The Balaban J connectivity index is 1.71. The molecule has 2 N–H and O–H groups in total. The van der Waals surface area contributed by atoms with Gasteiger partial charge in [-0.2, -0.15) is 0 Å². The van der Waals surface area contributed by atoms with E-state index in [0.29, 0.717) is 27.3 Å². The third kappa shape index (κ3) is 3.38. The van der Waals surface area contributed by atoms with Gasteiger partial charge in [0.25, 0.3) is 5.91 Å². The first kappa shape index (κ1) is 21.6. The summed E-state index contributed by atoms with van der Waals surface area (Å²) in [4.78, 5) is 28.1. The summed E-state index contributed by atoms with van der Waals surface area (Å²) < 4.78 is 11.2. The van der Waals surface area contributed by atoms with E-state index in [2.05, 4.69) is 0 Å². The number of aliphatic hydroxyl groups is 1. The van der Waals surface area contributed by atoms with E-state index in [4.69, 9.17) is 20.8 Å². The van der Waals surface area contributed by atoms with Crippen LogP contribution in [0.25, 0.3) is 11.0 Å². The van der Waals surface area contributed by atoms with E-state index in [0.717, 1.165) is 0 Å². The van der Waals surface area contributed by atoms with Crippen molar-refractivity contribution in [3.8, 4) is 11.5 Å². The number of fused-ring (bicyclic) bond motifs is 1. The second kappa shape index (κ2) is 8.28. The topological polar surface area (TPSA) is 100 Å². The van der Waals surface area contributed by atoms with E-state index in [1.807, 2.05) is 0 Å². The Labute approximate surface area is 199 Å². The molecule has 0 bridgehead atoms. The van der Waals surface area contributed by atoms with Crippen LogP contribution < -0.4 is 9.64 Å². The van der Waals surface area contributed by atoms with E-state index >= 15 is 0 Å². The molecule has 2 heterocycles. The number of amides is 1. The highest BCUT2D eigenvalue weighted by molar-refractivity contribution is 6.31. The van der Waals surface area contributed by atoms with Gasteiger partial charge >= 0.3 is 0 Å². The number of Topliss-reactive ketones (excluding diaryl/α,β-unsaturated/α-hetero) is 1. The number of phenols is 1. The van der Waals surface area contributed by atoms with Crippen molar-refractivity contribution in [3.63, 3.8) is 0 Å². The molecule has 1 amide bonds. The molecule has 0 saturated carbocycles. The number of benzene rings is 3. The number of hydrogen-bond donors (Lipinski definition) is 2. The number of hydrogen-bond acceptors (Lipinski definition) is 6. The van der Waals surface area contributed by atoms with Gasteiger partial charge in [0.2, 0.25) is 5.78 Å². The van der Waals surface area contributed by atoms with E-state index in [1.54, 1.807) is 54.6 Å². The average molecular weight is 476 g/mol. The minimum Gasteiger partial charge on any atom is -0.506 e. The highest BCUT2D eigenvalue weighted by Gasteiger charge is 2.47. The summed E-state index contributed by atoms with van der Waals surface area (Å²) >= 11 is 6.05. The van der Waals surface area contributed by atoms with Crippen LogP contribution in [-0.4, -0.2) is 29.0 Å². The normalized spacial score (nSPS) is 15.9. The Bertz CT molecular complexity index is 1490. The molecule has 170 valence electrons. The zero-order valence-electron chi connectivity index (χ0n) is 17.9. The molecule has 0 radical (unpaired) electrons. The highest BCUT2D eigenvalue weighted by atomic mass is 35.5. The van der Waals surface area contributed by atoms with Crippen molar-refractivity contribution in [2.24, 2.45) is 0 Å². The first-order chi connectivity index (χ1) is 16.4. The number of ether oxygens (including phenoxy) is 1. The van der Waals surface area contributed by atoms with Gasteiger partial charge < -0.3 is 19.4 Å². The maximum absolute atomic E-state index is 13.7. The molecule has 1 atom stereocenters. The minimum absolute atomic E-state index is 0.0642. The second-order valence-corrected chi connectivity index (χ2v) is 8.13. The van der Waals surface area contributed by atoms with Crippen LogP contribution in [0.5, 0.6) is 11.5 Å². The van der Waals surface area contributed by atoms with Gasteiger partial charge in [-0.1, -0.05) is 41.9 Å². The molecule has 1 unspecified atom stereocenters. The van der Waals surface area contributed by atoms with Crippen molar-refractivity contribution in [2.75, 3.05) is 12.0 Å². The van der Waals surface area contributed by atoms with Gasteiger partial charge in [0.15, 0.2) is 11.5 Å². The van der Waals surface area contributed by atoms with Crippen molar-refractivity contribution in [2.45, 2.75) is 6.04 Å². The molecule has 7 nitrogen and oxygen atoms in total. The predicted molar refractivity (Wildman–Crippen MR) is 127 cm³/mol. The first-order valence-corrected chi connectivity index (χ1v) is 10.7. The lowest BCUT2D eigenvalue weighted by molar-refractivity contribution is -0.117. The van der Waals surface area contributed by atoms with Crippen LogP contribution in [-0.2, 0) is 4.79 Å². The van der Waals surface area contributed by atoms with Gasteiger partial charge in [0, 0.05) is 16.0 Å². The van der Waals surface area contributed by atoms with Crippen molar-refractivity contribution in [1.29, 1.82) is 0 Å². The van der Waals surface area contributed by atoms with Crippen LogP contribution in [0.15, 0.2) is 88.5 Å². The molecule has 0 saturated heterocycles. The van der Waals surface area contributed by atoms with E-state index in [1.165, 1.54) is 30.2 Å². The fourth-order valence-electron chi connectivity index (χ4n) is 4.20. The van der Waals surface area contributed by atoms with E-state index in [-0.39, 0.29) is 22.8 Å². The number of aliphatic hydroxyl groups excluding tert-OH is 1. The van der Waals surface area contributed by atoms with Gasteiger partial charge in [-0.05, 0) is 42.5 Å². The number of carbonyl (C=O) groups is 2. The van der Waals surface area contributed by atoms with Crippen LogP contribution in [0, 0.1) is 0 Å². The molecule has 0 aliphatic carbocycles. The SMILES string of the molecule is COc1ccccc1C1C(C(=O)c2cc3cc(Cl)ccc3o2)=C(O)C(=O)N1c1ccccc1O. The van der Waals surface area contributed by atoms with Crippen molar-refractivity contribution >= 4 is 39.9 Å². The van der Waals surface area contributed by atoms with Crippen LogP contribution in [0.1, 0.15) is 22.2 Å². The van der Waals surface area contributed by atoms with Crippen molar-refractivity contribution in [3.05, 3.63) is 100 Å². The minimum atomic E-state index is -1.08. The number of methoxy groups -OCH3 is 1. The monoisotopic (exact) mass is 475 g/mol. The lowest BCUT2D eigenvalue weighted by Crippen LogP contribution is -2.31. The molecular formula is C26H18ClNO6. The van der Waals surface area contributed by atoms with Crippen LogP contribution in [0.3, 0.4) is 0 Å². The quantitative estimate of drug-likeness (QED) is 0.365. The molecule has 5 rings (SSSR count). The fourth-order valence-corrected chi connectivity index (χ4v) is 4.38. The average Bonchev–Trinajstić information content (AvgIpc) is 3.37. The van der Waals surface area contributed by atoms with Crippen molar-refractivity contribution in [1.82, 2.24) is 0 Å². The Kier molecular flexibility index (Phi) is 5.26. The molecule has 0 fully saturated rings. The lowest BCUT2D eigenvalue weighted by Gasteiger charge is -2.28. The number of carbonyl (C=O) groups excluding carboxylic acids is 2. The standard InChI is InChI=1S/C26H18ClNO6/c1-33-20-9-5-2-6-16(20)23-22(24(30)21-13-14-12-15(27)10-11-19(14)34-21)25(31)26(32)28(23)17-7-3-4-8-18(17)29/h2-13,23,29,31H,1H3. The number of aromatic hydroxyl groups is 1. The molecule has 0 spiro atoms. The summed E-state index contributed by atoms with van der Waals surface area (Å²) in [6.07, 6.45) is 0. The Morgan fingerprint density at radius 2 is 1.76 bits per heavy atom. The summed E-state index contributed by atoms with van der Waals surface area (Å²) in [5.41, 5.74) is 0.828. The van der Waals surface area contributed by atoms with Gasteiger partial charge in [-0.25, -0.2) is 0 Å². The van der Waals surface area contributed by atoms with E-state index in [9.17, 15) is 19.8 Å². The number of phenolic OH excluding ortho intramolecular Hbond substituents is 1. The predicted octanol–water partition coefficient (Wildman–Crippen LogP) is 5.58. The number of nitrogens with zero attached hydrogens (tertiary/aromatic N) is 1. The van der Waals surface area contributed by atoms with E-state index < -0.39 is 23.5 Å². The van der Waals surface area contributed by atoms with Crippen LogP contribution in [0.2, 0.25) is 5.02 Å². The number of furan rings is 1. The number of ketones is 1. The Hall–Kier alpha value is -4.23. The zero-order chi connectivity index (χ0) is 24.0. The van der Waals surface area contributed by atoms with Gasteiger partial charge in [0.1, 0.15) is 17.1 Å². The fraction of sp³-hybridized carbons (Fsp3) is 0.0769. The molecule has 1 aliphatic rings. The van der Waals surface area contributed by atoms with Gasteiger partial charge in [-0.15, -0.1) is 0 Å². The zero-order valence-corrected chi connectivity index (χ0v) is 18.6. The Morgan fingerprint density at radius 3 is 2.53 bits per heavy atom. The molecule has 1 aromatic heterocycles. The largest absolute Gasteiger partial charge is 0.506 e. The third-order valence-electron chi connectivity index (χ3n) is 5.73. The molecule has 1 aliphatic heterocycles. The number of halogens is 1. The number of anilines is 1. The number of rotatable bonds is 5. The molecule has 4 aromatic rings. The molecule has 8 heteroatoms. The van der Waals surface area contributed by atoms with Gasteiger partial charge in [0.05, 0.1) is 24.4 Å². The number of para-hydroxylation sites is 3. The van der Waals surface area contributed by atoms with Crippen molar-refractivity contribution < 1.29 is 29.0 Å². The maximum atomic E-state index is 13.7. The van der Waals surface area contributed by atoms with Gasteiger partial charge in [-0.3, -0.25) is 14.5 Å². The lowest BCUT2D eigenvalue weighted by atomic mass is 9.94. The summed E-state index contributed by atoms with van der Waals surface area (Å²) in [7, 11) is 1.47. The summed E-state index contributed by atoms with van der Waals surface area (Å²) in [6.45, 7) is 0. The Morgan fingerprint density at radius 1 is 1.03 bits per heavy atom. The first-order valence-electron chi connectivity index (χ1n) is 10.3. The summed E-state index contributed by atoms with van der Waals surface area (Å²) in [5.74, 6) is -2.09. The second-order valence-electron chi connectivity index (χ2n) is 7.69. The maximum Gasteiger partial charge on any atom is 0.294 e. The molecule has 34 heavy (non-hydrogen) atoms. The third-order valence-corrected chi connectivity index (χ3v) is 5.96. The smallest absolute Gasteiger partial charge is 0.294 e. The highest BCUT2D eigenvalue weighted by Crippen LogP contribution is 2.46. The summed E-state index contributed by atoms with van der Waals surface area (Å²) in [5, 5.41) is 22.5. The summed E-state index contributed by atoms with van der Waals surface area (Å²) in [6, 6.07) is 18.4. The van der Waals surface area contributed by atoms with Crippen LogP contribution in [0.4, 0.5) is 5.69 Å². The van der Waals surface area contributed by atoms with Crippen LogP contribution >= 0.6 is 11.6 Å². The molecule has 3 aromatic carbocycles.